The maximum absolute atomic E-state index is 3.74. The van der Waals surface area contributed by atoms with E-state index in [0.717, 1.165) is 6.42 Å². The van der Waals surface area contributed by atoms with Crippen molar-refractivity contribution in [3.8, 4) is 0 Å². The first-order chi connectivity index (χ1) is 6.74. The Bertz CT molecular complexity index is 253. The predicted molar refractivity (Wildman–Crippen MR) is 64.8 cm³/mol. The van der Waals surface area contributed by atoms with Gasteiger partial charge in [0.05, 0.1) is 0 Å². The van der Waals surface area contributed by atoms with E-state index in [1.807, 2.05) is 17.4 Å². The van der Waals surface area contributed by atoms with E-state index in [0.29, 0.717) is 12.1 Å². The highest BCUT2D eigenvalue weighted by atomic mass is 32.1. The molecule has 0 fully saturated rings. The van der Waals surface area contributed by atoms with Gasteiger partial charge in [0, 0.05) is 17.0 Å². The van der Waals surface area contributed by atoms with Gasteiger partial charge in [-0.15, -0.1) is 17.9 Å². The molecule has 14 heavy (non-hydrogen) atoms. The molecular formula is C12H19NS. The van der Waals surface area contributed by atoms with E-state index in [-0.39, 0.29) is 0 Å². The Morgan fingerprint density at radius 1 is 1.57 bits per heavy atom. The van der Waals surface area contributed by atoms with Gasteiger partial charge in [0.2, 0.25) is 0 Å². The Labute approximate surface area is 90.9 Å². The highest BCUT2D eigenvalue weighted by Gasteiger charge is 2.08. The molecule has 1 aromatic rings. The molecule has 0 spiro atoms. The number of hydrogen-bond acceptors (Lipinski definition) is 2. The molecule has 0 saturated heterocycles. The second-order valence-electron chi connectivity index (χ2n) is 3.67. The van der Waals surface area contributed by atoms with E-state index in [4.69, 9.17) is 0 Å². The third kappa shape index (κ3) is 3.64. The molecule has 1 nitrogen and oxygen atoms in total. The Morgan fingerprint density at radius 3 is 2.93 bits per heavy atom. The fourth-order valence-electron chi connectivity index (χ4n) is 1.50. The zero-order chi connectivity index (χ0) is 10.4. The summed E-state index contributed by atoms with van der Waals surface area (Å²) in [5, 5.41) is 5.71. The van der Waals surface area contributed by atoms with E-state index >= 15 is 0 Å². The first kappa shape index (κ1) is 11.5. The summed E-state index contributed by atoms with van der Waals surface area (Å²) in [5.41, 5.74) is 0. The first-order valence-corrected chi connectivity index (χ1v) is 6.02. The maximum Gasteiger partial charge on any atom is 0.0388 e. The summed E-state index contributed by atoms with van der Waals surface area (Å²) < 4.78 is 0. The van der Waals surface area contributed by atoms with Crippen LogP contribution in [0.1, 0.15) is 37.6 Å². The predicted octanol–water partition coefficient (Wildman–Crippen LogP) is 3.75. The Hall–Kier alpha value is -0.600. The molecule has 0 aromatic carbocycles. The van der Waals surface area contributed by atoms with Gasteiger partial charge in [0.15, 0.2) is 0 Å². The van der Waals surface area contributed by atoms with Crippen LogP contribution in [0.3, 0.4) is 0 Å². The van der Waals surface area contributed by atoms with Gasteiger partial charge < -0.3 is 5.32 Å². The Morgan fingerprint density at radius 2 is 2.36 bits per heavy atom. The molecule has 1 aromatic heterocycles. The molecule has 0 aliphatic heterocycles. The number of nitrogens with one attached hydrogen (secondary N) is 1. The molecule has 1 unspecified atom stereocenters. The summed E-state index contributed by atoms with van der Waals surface area (Å²) in [6.07, 6.45) is 4.23. The first-order valence-electron chi connectivity index (χ1n) is 5.14. The summed E-state index contributed by atoms with van der Waals surface area (Å²) in [6.45, 7) is 8.18. The lowest BCUT2D eigenvalue weighted by atomic mass is 10.1. The quantitative estimate of drug-likeness (QED) is 0.704. The topological polar surface area (TPSA) is 12.0 Å². The number of thiophene rings is 1. The molecule has 0 saturated carbocycles. The van der Waals surface area contributed by atoms with Crippen LogP contribution in [0.15, 0.2) is 30.2 Å². The highest BCUT2D eigenvalue weighted by Crippen LogP contribution is 2.19. The van der Waals surface area contributed by atoms with Crippen molar-refractivity contribution < 1.29 is 0 Å². The van der Waals surface area contributed by atoms with Crippen LogP contribution >= 0.6 is 11.3 Å². The van der Waals surface area contributed by atoms with Gasteiger partial charge in [-0.3, -0.25) is 0 Å². The zero-order valence-corrected chi connectivity index (χ0v) is 9.81. The molecule has 0 aliphatic carbocycles. The summed E-state index contributed by atoms with van der Waals surface area (Å²) in [4.78, 5) is 1.41. The van der Waals surface area contributed by atoms with Gasteiger partial charge in [0.25, 0.3) is 0 Å². The van der Waals surface area contributed by atoms with Crippen molar-refractivity contribution in [3.63, 3.8) is 0 Å². The van der Waals surface area contributed by atoms with Crippen LogP contribution in [0.5, 0.6) is 0 Å². The highest BCUT2D eigenvalue weighted by molar-refractivity contribution is 7.10. The van der Waals surface area contributed by atoms with E-state index in [2.05, 4.69) is 43.3 Å². The number of hydrogen-bond donors (Lipinski definition) is 1. The summed E-state index contributed by atoms with van der Waals surface area (Å²) in [7, 11) is 0. The lowest BCUT2D eigenvalue weighted by Crippen LogP contribution is -2.28. The number of rotatable bonds is 6. The largest absolute Gasteiger partial charge is 0.307 e. The van der Waals surface area contributed by atoms with E-state index in [1.54, 1.807) is 0 Å². The molecule has 0 radical (unpaired) electrons. The lowest BCUT2D eigenvalue weighted by Gasteiger charge is -2.18. The van der Waals surface area contributed by atoms with E-state index < -0.39 is 0 Å². The number of allylic oxidation sites excluding steroid dienone is 1. The average molecular weight is 209 g/mol. The molecule has 1 heterocycles. The fraction of sp³-hybridized carbons (Fsp3) is 0.500. The second-order valence-corrected chi connectivity index (χ2v) is 4.65. The zero-order valence-electron chi connectivity index (χ0n) is 8.99. The summed E-state index contributed by atoms with van der Waals surface area (Å²) >= 11 is 1.81. The average Bonchev–Trinajstić information content (AvgIpc) is 2.67. The van der Waals surface area contributed by atoms with Gasteiger partial charge >= 0.3 is 0 Å². The second kappa shape index (κ2) is 5.99. The van der Waals surface area contributed by atoms with Crippen molar-refractivity contribution in [2.45, 2.75) is 38.8 Å². The van der Waals surface area contributed by atoms with Gasteiger partial charge in [-0.25, -0.2) is 0 Å². The summed E-state index contributed by atoms with van der Waals surface area (Å²) in [6, 6.07) is 5.31. The summed E-state index contributed by atoms with van der Waals surface area (Å²) in [5.74, 6) is 0. The van der Waals surface area contributed by atoms with Crippen LogP contribution in [0.25, 0.3) is 0 Å². The molecule has 1 rings (SSSR count). The van der Waals surface area contributed by atoms with Crippen molar-refractivity contribution >= 4 is 11.3 Å². The van der Waals surface area contributed by atoms with Gasteiger partial charge in [0.1, 0.15) is 0 Å². The van der Waals surface area contributed by atoms with Gasteiger partial charge in [-0.2, -0.15) is 0 Å². The van der Waals surface area contributed by atoms with Crippen molar-refractivity contribution in [2.75, 3.05) is 0 Å². The molecule has 0 bridgehead atoms. The molecule has 2 heteroatoms. The lowest BCUT2D eigenvalue weighted by molar-refractivity contribution is 0.463. The fourth-order valence-corrected chi connectivity index (χ4v) is 2.24. The van der Waals surface area contributed by atoms with Crippen molar-refractivity contribution in [2.24, 2.45) is 0 Å². The van der Waals surface area contributed by atoms with Crippen LogP contribution < -0.4 is 5.32 Å². The molecule has 78 valence electrons. The van der Waals surface area contributed by atoms with Crippen molar-refractivity contribution in [1.29, 1.82) is 0 Å². The van der Waals surface area contributed by atoms with Crippen LogP contribution in [0, 0.1) is 0 Å². The van der Waals surface area contributed by atoms with Gasteiger partial charge in [-0.05, 0) is 38.1 Å². The van der Waals surface area contributed by atoms with Crippen LogP contribution in [-0.2, 0) is 0 Å². The van der Waals surface area contributed by atoms with Crippen LogP contribution in [-0.4, -0.2) is 6.04 Å². The van der Waals surface area contributed by atoms with E-state index in [1.165, 1.54) is 11.3 Å². The van der Waals surface area contributed by atoms with Gasteiger partial charge in [-0.1, -0.05) is 12.1 Å². The maximum atomic E-state index is 3.74. The minimum Gasteiger partial charge on any atom is -0.307 e. The third-order valence-electron chi connectivity index (χ3n) is 2.31. The van der Waals surface area contributed by atoms with Crippen molar-refractivity contribution in [3.05, 3.63) is 35.0 Å². The van der Waals surface area contributed by atoms with Crippen molar-refractivity contribution in [1.82, 2.24) is 5.32 Å². The molecule has 1 N–H and O–H groups in total. The monoisotopic (exact) mass is 209 g/mol. The van der Waals surface area contributed by atoms with Crippen LogP contribution in [0.4, 0.5) is 0 Å². The van der Waals surface area contributed by atoms with E-state index in [9.17, 15) is 0 Å². The smallest absolute Gasteiger partial charge is 0.0388 e. The Balaban J connectivity index is 2.33. The SMILES string of the molecule is C=CCCC(C)N[C@@H](C)c1cccs1. The van der Waals surface area contributed by atoms with Crippen LogP contribution in [0.2, 0.25) is 0 Å². The molecule has 0 amide bonds. The molecule has 2 atom stereocenters. The minimum atomic E-state index is 0.467. The molecule has 0 aliphatic rings. The minimum absolute atomic E-state index is 0.467. The Kier molecular flexibility index (Phi) is 4.91. The third-order valence-corrected chi connectivity index (χ3v) is 3.36. The normalized spacial score (nSPS) is 15.0. The standard InChI is InChI=1S/C12H19NS/c1-4-5-7-10(2)13-11(3)12-8-6-9-14-12/h4,6,8-11,13H,1,5,7H2,2-3H3/t10?,11-/m0/s1. The molecular weight excluding hydrogens is 190 g/mol.